The van der Waals surface area contributed by atoms with Crippen LogP contribution < -0.4 is 0 Å². The van der Waals surface area contributed by atoms with Crippen LogP contribution in [-0.4, -0.2) is 35.7 Å². The van der Waals surface area contributed by atoms with Crippen molar-refractivity contribution in [1.82, 2.24) is 0 Å². The van der Waals surface area contributed by atoms with E-state index >= 15 is 0 Å². The van der Waals surface area contributed by atoms with E-state index in [9.17, 15) is 4.79 Å². The maximum atomic E-state index is 10.6. The molecule has 1 unspecified atom stereocenters. The first-order chi connectivity index (χ1) is 5.89. The van der Waals surface area contributed by atoms with E-state index in [4.69, 9.17) is 14.4 Å². The number of hydrogen-bond acceptors (Lipinski definition) is 6. The molecule has 6 nitrogen and oxygen atoms in total. The second-order valence-electron chi connectivity index (χ2n) is 2.17. The highest BCUT2D eigenvalue weighted by atomic mass is 28.4. The molecule has 7 heteroatoms. The third kappa shape index (κ3) is 6.43. The fourth-order valence-corrected chi connectivity index (χ4v) is 1.11. The summed E-state index contributed by atoms with van der Waals surface area (Å²) in [6.07, 6.45) is -0.0747. The molecule has 0 saturated carbocycles. The lowest BCUT2D eigenvalue weighted by Gasteiger charge is -2.18. The molecule has 0 amide bonds. The summed E-state index contributed by atoms with van der Waals surface area (Å²) in [7, 11) is -4.63. The molecule has 0 aromatic carbocycles. The van der Waals surface area contributed by atoms with Crippen molar-refractivity contribution in [3.8, 4) is 0 Å². The van der Waals surface area contributed by atoms with Crippen LogP contribution in [0.5, 0.6) is 0 Å². The van der Waals surface area contributed by atoms with Gasteiger partial charge in [0.1, 0.15) is 0 Å². The number of ether oxygens (including phenoxy) is 1. The third-order valence-electron chi connectivity index (χ3n) is 1.04. The Bertz CT molecular complexity index is 186. The molecule has 0 fully saturated rings. The van der Waals surface area contributed by atoms with Crippen LogP contribution in [0.1, 0.15) is 13.3 Å². The van der Waals surface area contributed by atoms with Crippen LogP contribution >= 0.6 is 0 Å². The largest absolute Gasteiger partial charge is 0.674 e. The molecule has 0 radical (unpaired) electrons. The van der Waals surface area contributed by atoms with E-state index < -0.39 is 21.3 Å². The van der Waals surface area contributed by atoms with E-state index in [0.717, 1.165) is 6.08 Å². The Morgan fingerprint density at radius 1 is 1.62 bits per heavy atom. The van der Waals surface area contributed by atoms with Crippen molar-refractivity contribution in [3.63, 3.8) is 0 Å². The topological polar surface area (TPSA) is 96.2 Å². The molecule has 0 spiro atoms. The zero-order valence-corrected chi connectivity index (χ0v) is 8.14. The highest BCUT2D eigenvalue weighted by molar-refractivity contribution is 6.48. The summed E-state index contributed by atoms with van der Waals surface area (Å²) in [6, 6.07) is 0. The molecule has 0 aromatic heterocycles. The minimum absolute atomic E-state index is 0.190. The van der Waals surface area contributed by atoms with E-state index in [1.54, 1.807) is 6.92 Å². The maximum Gasteiger partial charge on any atom is 0.674 e. The second kappa shape index (κ2) is 5.10. The lowest BCUT2D eigenvalue weighted by molar-refractivity contribution is -0.167. The van der Waals surface area contributed by atoms with Gasteiger partial charge in [-0.05, 0) is 0 Å². The first-order valence-electron chi connectivity index (χ1n) is 3.57. The summed E-state index contributed by atoms with van der Waals surface area (Å²) < 4.78 is 8.77. The van der Waals surface area contributed by atoms with E-state index in [1.807, 2.05) is 0 Å². The van der Waals surface area contributed by atoms with Gasteiger partial charge in [0, 0.05) is 12.5 Å². The first-order valence-corrected chi connectivity index (χ1v) is 5.32. The first kappa shape index (κ1) is 12.3. The Morgan fingerprint density at radius 2 is 2.15 bits per heavy atom. The molecule has 0 aliphatic heterocycles. The molecule has 3 N–H and O–H groups in total. The van der Waals surface area contributed by atoms with Crippen molar-refractivity contribution in [3.05, 3.63) is 12.7 Å². The average Bonchev–Trinajstić information content (AvgIpc) is 2.00. The monoisotopic (exact) mass is 208 g/mol. The Balaban J connectivity index is 4.04. The van der Waals surface area contributed by atoms with E-state index in [-0.39, 0.29) is 6.42 Å². The van der Waals surface area contributed by atoms with E-state index in [2.05, 4.69) is 15.7 Å². The van der Waals surface area contributed by atoms with Crippen molar-refractivity contribution in [2.75, 3.05) is 0 Å². The summed E-state index contributed by atoms with van der Waals surface area (Å²) in [5.41, 5.74) is 0. The Hall–Kier alpha value is -0.733. The van der Waals surface area contributed by atoms with Gasteiger partial charge in [-0.25, -0.2) is 4.79 Å². The molecule has 0 bridgehead atoms. The van der Waals surface area contributed by atoms with Crippen molar-refractivity contribution in [2.24, 2.45) is 0 Å². The van der Waals surface area contributed by atoms with Crippen LogP contribution in [-0.2, 0) is 14.0 Å². The molecule has 0 rings (SSSR count). The number of hydrogen-bond donors (Lipinski definition) is 3. The SMILES string of the molecule is C=CC(=O)OC(CC)O[Si](O)(O)O. The standard InChI is InChI=1S/C6H12O6Si/c1-3-5(7)11-6(4-2)12-13(8,9)10/h3,6,8-10H,1,4H2,2H3. The van der Waals surface area contributed by atoms with Crippen molar-refractivity contribution >= 4 is 15.0 Å². The Morgan fingerprint density at radius 3 is 2.46 bits per heavy atom. The molecule has 0 saturated heterocycles. The van der Waals surface area contributed by atoms with Crippen molar-refractivity contribution in [2.45, 2.75) is 19.6 Å². The van der Waals surface area contributed by atoms with Gasteiger partial charge < -0.3 is 23.5 Å². The number of carbonyl (C=O) groups excluding carboxylic acids is 1. The fraction of sp³-hybridized carbons (Fsp3) is 0.500. The fourth-order valence-electron chi connectivity index (χ4n) is 0.545. The van der Waals surface area contributed by atoms with Gasteiger partial charge in [-0.2, -0.15) is 0 Å². The zero-order chi connectivity index (χ0) is 10.5. The van der Waals surface area contributed by atoms with E-state index in [1.165, 1.54) is 0 Å². The summed E-state index contributed by atoms with van der Waals surface area (Å²) in [5.74, 6) is -0.759. The van der Waals surface area contributed by atoms with Gasteiger partial charge in [0.25, 0.3) is 0 Å². The highest BCUT2D eigenvalue weighted by Gasteiger charge is 2.35. The summed E-state index contributed by atoms with van der Waals surface area (Å²) >= 11 is 0. The van der Waals surface area contributed by atoms with Gasteiger partial charge in [-0.15, -0.1) is 0 Å². The zero-order valence-electron chi connectivity index (χ0n) is 7.14. The van der Waals surface area contributed by atoms with Crippen LogP contribution in [0.3, 0.4) is 0 Å². The predicted octanol–water partition coefficient (Wildman–Crippen LogP) is -1.12. The van der Waals surface area contributed by atoms with Crippen LogP contribution in [0.2, 0.25) is 0 Å². The molecule has 13 heavy (non-hydrogen) atoms. The smallest absolute Gasteiger partial charge is 0.433 e. The van der Waals surface area contributed by atoms with Crippen LogP contribution in [0, 0.1) is 0 Å². The van der Waals surface area contributed by atoms with Gasteiger partial charge in [0.05, 0.1) is 0 Å². The number of rotatable bonds is 5. The maximum absolute atomic E-state index is 10.6. The normalized spacial score (nSPS) is 13.5. The molecular formula is C6H12O6Si. The summed E-state index contributed by atoms with van der Waals surface area (Å²) in [4.78, 5) is 36.2. The van der Waals surface area contributed by atoms with Gasteiger partial charge in [-0.3, -0.25) is 0 Å². The molecule has 0 aliphatic rings. The van der Waals surface area contributed by atoms with Crippen molar-refractivity contribution in [1.29, 1.82) is 0 Å². The quantitative estimate of drug-likeness (QED) is 0.229. The van der Waals surface area contributed by atoms with Gasteiger partial charge in [-0.1, -0.05) is 13.5 Å². The van der Waals surface area contributed by atoms with Gasteiger partial charge in [0.15, 0.2) is 6.29 Å². The molecule has 0 aromatic rings. The minimum atomic E-state index is -4.63. The second-order valence-corrected chi connectivity index (χ2v) is 3.55. The van der Waals surface area contributed by atoms with Crippen LogP contribution in [0.25, 0.3) is 0 Å². The molecule has 0 aliphatic carbocycles. The van der Waals surface area contributed by atoms with E-state index in [0.29, 0.717) is 0 Å². The predicted molar refractivity (Wildman–Crippen MR) is 43.9 cm³/mol. The Kier molecular flexibility index (Phi) is 4.81. The number of esters is 1. The number of carbonyl (C=O) groups is 1. The highest BCUT2D eigenvalue weighted by Crippen LogP contribution is 2.05. The Labute approximate surface area is 76.5 Å². The lowest BCUT2D eigenvalue weighted by Crippen LogP contribution is -2.43. The third-order valence-corrected chi connectivity index (χ3v) is 1.62. The molecule has 0 heterocycles. The average molecular weight is 208 g/mol. The van der Waals surface area contributed by atoms with Crippen LogP contribution in [0.15, 0.2) is 12.7 Å². The summed E-state index contributed by atoms with van der Waals surface area (Å²) in [5, 5.41) is 0. The summed E-state index contributed by atoms with van der Waals surface area (Å²) in [6.45, 7) is 4.72. The van der Waals surface area contributed by atoms with Crippen molar-refractivity contribution < 1.29 is 28.3 Å². The molecular weight excluding hydrogens is 196 g/mol. The molecule has 76 valence electrons. The van der Waals surface area contributed by atoms with Gasteiger partial charge >= 0.3 is 15.0 Å². The van der Waals surface area contributed by atoms with Gasteiger partial charge in [0.2, 0.25) is 0 Å². The lowest BCUT2D eigenvalue weighted by atomic mass is 10.5. The van der Waals surface area contributed by atoms with Crippen LogP contribution in [0.4, 0.5) is 0 Å². The minimum Gasteiger partial charge on any atom is -0.433 e. The molecule has 1 atom stereocenters.